The van der Waals surface area contributed by atoms with Crippen LogP contribution in [0.1, 0.15) is 11.3 Å². The summed E-state index contributed by atoms with van der Waals surface area (Å²) in [5.74, 6) is 0. The van der Waals surface area contributed by atoms with Gasteiger partial charge in [0.1, 0.15) is 0 Å². The molecule has 1 aromatic carbocycles. The Morgan fingerprint density at radius 3 is 2.93 bits per heavy atom. The van der Waals surface area contributed by atoms with E-state index in [0.29, 0.717) is 6.54 Å². The van der Waals surface area contributed by atoms with Crippen molar-refractivity contribution in [1.82, 2.24) is 4.98 Å². The molecule has 74 valence electrons. The zero-order valence-corrected chi connectivity index (χ0v) is 8.86. The minimum atomic E-state index is 0.677. The molecule has 0 saturated carbocycles. The number of hydrogen-bond donors (Lipinski definition) is 2. The van der Waals surface area contributed by atoms with E-state index in [1.54, 1.807) is 0 Å². The maximum Gasteiger partial charge on any atom is 0.0473 e. The molecule has 0 saturated heterocycles. The van der Waals surface area contributed by atoms with Crippen LogP contribution in [-0.2, 0) is 6.42 Å². The number of rotatable bonds is 2. The summed E-state index contributed by atoms with van der Waals surface area (Å²) in [6.07, 6.45) is 0.910. The fourth-order valence-corrected chi connectivity index (χ4v) is 2.00. The fourth-order valence-electron chi connectivity index (χ4n) is 1.83. The molecule has 0 atom stereocenters. The molecule has 3 heteroatoms. The molecule has 0 radical (unpaired) electrons. The summed E-state index contributed by atoms with van der Waals surface area (Å²) in [5.41, 5.74) is 9.16. The van der Waals surface area contributed by atoms with Gasteiger partial charge in [0.05, 0.1) is 0 Å². The van der Waals surface area contributed by atoms with Gasteiger partial charge < -0.3 is 10.7 Å². The Labute approximate surface area is 88.1 Å². The molecule has 14 heavy (non-hydrogen) atoms. The number of aromatic amines is 1. The third kappa shape index (κ3) is 1.51. The summed E-state index contributed by atoms with van der Waals surface area (Å²) in [6, 6.07) is 5.91. The van der Waals surface area contributed by atoms with Gasteiger partial charge in [-0.15, -0.1) is 0 Å². The zero-order valence-electron chi connectivity index (χ0n) is 8.10. The van der Waals surface area contributed by atoms with Crippen LogP contribution in [0.2, 0.25) is 5.02 Å². The highest BCUT2D eigenvalue weighted by atomic mass is 35.5. The zero-order chi connectivity index (χ0) is 10.1. The van der Waals surface area contributed by atoms with Crippen molar-refractivity contribution in [2.24, 2.45) is 5.73 Å². The van der Waals surface area contributed by atoms with Crippen LogP contribution in [0.25, 0.3) is 10.9 Å². The number of fused-ring (bicyclic) bond motifs is 1. The van der Waals surface area contributed by atoms with Crippen LogP contribution in [0, 0.1) is 6.92 Å². The minimum Gasteiger partial charge on any atom is -0.358 e. The summed E-state index contributed by atoms with van der Waals surface area (Å²) < 4.78 is 0. The molecule has 1 heterocycles. The van der Waals surface area contributed by atoms with E-state index in [1.165, 1.54) is 16.6 Å². The van der Waals surface area contributed by atoms with Crippen LogP contribution in [-0.4, -0.2) is 11.5 Å². The second-order valence-corrected chi connectivity index (χ2v) is 3.89. The van der Waals surface area contributed by atoms with Crippen LogP contribution in [0.15, 0.2) is 18.2 Å². The highest BCUT2D eigenvalue weighted by Crippen LogP contribution is 2.24. The molecule has 0 aliphatic carbocycles. The lowest BCUT2D eigenvalue weighted by atomic mass is 10.1. The second-order valence-electron chi connectivity index (χ2n) is 3.46. The summed E-state index contributed by atoms with van der Waals surface area (Å²) in [5, 5.41) is 2.00. The first-order valence-electron chi connectivity index (χ1n) is 4.69. The van der Waals surface area contributed by atoms with Gasteiger partial charge in [0.2, 0.25) is 0 Å². The van der Waals surface area contributed by atoms with Gasteiger partial charge in [-0.25, -0.2) is 0 Å². The Morgan fingerprint density at radius 2 is 2.21 bits per heavy atom. The van der Waals surface area contributed by atoms with Gasteiger partial charge in [-0.3, -0.25) is 0 Å². The summed E-state index contributed by atoms with van der Waals surface area (Å²) in [7, 11) is 0. The third-order valence-electron chi connectivity index (χ3n) is 2.48. The van der Waals surface area contributed by atoms with Crippen molar-refractivity contribution >= 4 is 22.5 Å². The molecule has 0 unspecified atom stereocenters. The first kappa shape index (κ1) is 9.56. The standard InChI is InChI=1S/C11H13ClN2/c1-7-9(4-5-13)10-3-2-8(12)6-11(10)14-7/h2-3,6,14H,4-5,13H2,1H3. The van der Waals surface area contributed by atoms with E-state index >= 15 is 0 Å². The maximum absolute atomic E-state index is 5.91. The predicted octanol–water partition coefficient (Wildman–Crippen LogP) is 2.63. The van der Waals surface area contributed by atoms with Gasteiger partial charge in [0.25, 0.3) is 0 Å². The first-order chi connectivity index (χ1) is 6.72. The van der Waals surface area contributed by atoms with Crippen molar-refractivity contribution in [2.75, 3.05) is 6.54 Å². The predicted molar refractivity (Wildman–Crippen MR) is 60.8 cm³/mol. The highest BCUT2D eigenvalue weighted by Gasteiger charge is 2.07. The number of halogens is 1. The second kappa shape index (κ2) is 3.64. The first-order valence-corrected chi connectivity index (χ1v) is 5.07. The van der Waals surface area contributed by atoms with Gasteiger partial charge in [-0.2, -0.15) is 0 Å². The van der Waals surface area contributed by atoms with Gasteiger partial charge in [0, 0.05) is 21.6 Å². The van der Waals surface area contributed by atoms with Crippen molar-refractivity contribution in [2.45, 2.75) is 13.3 Å². The van der Waals surface area contributed by atoms with E-state index in [4.69, 9.17) is 17.3 Å². The summed E-state index contributed by atoms with van der Waals surface area (Å²) in [4.78, 5) is 3.31. The van der Waals surface area contributed by atoms with Crippen LogP contribution in [0.4, 0.5) is 0 Å². The maximum atomic E-state index is 5.91. The molecular weight excluding hydrogens is 196 g/mol. The Hall–Kier alpha value is -0.990. The molecule has 0 spiro atoms. The number of aromatic nitrogens is 1. The van der Waals surface area contributed by atoms with Crippen LogP contribution >= 0.6 is 11.6 Å². The van der Waals surface area contributed by atoms with E-state index in [9.17, 15) is 0 Å². The lowest BCUT2D eigenvalue weighted by molar-refractivity contribution is 0.963. The monoisotopic (exact) mass is 208 g/mol. The van der Waals surface area contributed by atoms with E-state index in [1.807, 2.05) is 18.2 Å². The van der Waals surface area contributed by atoms with E-state index in [0.717, 1.165) is 17.0 Å². The number of nitrogens with two attached hydrogens (primary N) is 1. The van der Waals surface area contributed by atoms with Gasteiger partial charge in [0.15, 0.2) is 0 Å². The molecule has 2 rings (SSSR count). The highest BCUT2D eigenvalue weighted by molar-refractivity contribution is 6.31. The van der Waals surface area contributed by atoms with Crippen molar-refractivity contribution in [1.29, 1.82) is 0 Å². The Kier molecular flexibility index (Phi) is 2.48. The minimum absolute atomic E-state index is 0.677. The van der Waals surface area contributed by atoms with Crippen molar-refractivity contribution in [3.63, 3.8) is 0 Å². The normalized spacial score (nSPS) is 11.1. The molecular formula is C11H13ClN2. The van der Waals surface area contributed by atoms with E-state index in [2.05, 4.69) is 11.9 Å². The molecule has 1 aromatic heterocycles. The van der Waals surface area contributed by atoms with Gasteiger partial charge in [-0.1, -0.05) is 17.7 Å². The largest absolute Gasteiger partial charge is 0.358 e. The number of H-pyrrole nitrogens is 1. The molecule has 0 fully saturated rings. The molecule has 0 aliphatic rings. The topological polar surface area (TPSA) is 41.8 Å². The van der Waals surface area contributed by atoms with Crippen LogP contribution in [0.5, 0.6) is 0 Å². The molecule has 0 bridgehead atoms. The van der Waals surface area contributed by atoms with E-state index < -0.39 is 0 Å². The van der Waals surface area contributed by atoms with Crippen molar-refractivity contribution in [3.8, 4) is 0 Å². The summed E-state index contributed by atoms with van der Waals surface area (Å²) >= 11 is 5.91. The third-order valence-corrected chi connectivity index (χ3v) is 2.71. The van der Waals surface area contributed by atoms with Crippen LogP contribution < -0.4 is 5.73 Å². The lowest BCUT2D eigenvalue weighted by Crippen LogP contribution is -2.03. The van der Waals surface area contributed by atoms with Crippen molar-refractivity contribution < 1.29 is 0 Å². The van der Waals surface area contributed by atoms with Crippen LogP contribution in [0.3, 0.4) is 0 Å². The van der Waals surface area contributed by atoms with Crippen molar-refractivity contribution in [3.05, 3.63) is 34.5 Å². The Bertz CT molecular complexity index is 460. The lowest BCUT2D eigenvalue weighted by Gasteiger charge is -1.97. The van der Waals surface area contributed by atoms with Gasteiger partial charge >= 0.3 is 0 Å². The number of aryl methyl sites for hydroxylation is 1. The van der Waals surface area contributed by atoms with Gasteiger partial charge in [-0.05, 0) is 37.6 Å². The molecule has 0 amide bonds. The van der Waals surface area contributed by atoms with E-state index in [-0.39, 0.29) is 0 Å². The summed E-state index contributed by atoms with van der Waals surface area (Å²) in [6.45, 7) is 2.75. The fraction of sp³-hybridized carbons (Fsp3) is 0.273. The average molecular weight is 209 g/mol. The Balaban J connectivity index is 2.64. The molecule has 2 aromatic rings. The quantitative estimate of drug-likeness (QED) is 0.783. The number of benzene rings is 1. The smallest absolute Gasteiger partial charge is 0.0473 e. The number of nitrogens with one attached hydrogen (secondary N) is 1. The molecule has 3 N–H and O–H groups in total. The number of hydrogen-bond acceptors (Lipinski definition) is 1. The Morgan fingerprint density at radius 1 is 1.43 bits per heavy atom. The molecule has 2 nitrogen and oxygen atoms in total. The SMILES string of the molecule is Cc1[nH]c2cc(Cl)ccc2c1CCN. The molecule has 0 aliphatic heterocycles. The average Bonchev–Trinajstić information content (AvgIpc) is 2.43.